The number of nitrogens with one attached hydrogen (secondary N) is 2. The molecule has 0 aliphatic rings. The van der Waals surface area contributed by atoms with E-state index in [1.807, 2.05) is 32.0 Å². The van der Waals surface area contributed by atoms with Crippen molar-refractivity contribution < 1.29 is 4.79 Å². The highest BCUT2D eigenvalue weighted by Crippen LogP contribution is 1.98. The fraction of sp³-hybridized carbons (Fsp3) is 0.500. The van der Waals surface area contributed by atoms with Crippen LogP contribution in [0, 0.1) is 0 Å². The number of amides is 1. The van der Waals surface area contributed by atoms with Crippen molar-refractivity contribution >= 4 is 11.9 Å². The van der Waals surface area contributed by atoms with Gasteiger partial charge in [0.05, 0.1) is 0 Å². The molecule has 0 atom stereocenters. The van der Waals surface area contributed by atoms with Gasteiger partial charge in [-0.15, -0.1) is 0 Å². The SMILES string of the molecule is CC(C)NC(=NCC(=O)N(C)C)NCCc1ccccc1. The molecule has 21 heavy (non-hydrogen) atoms. The lowest BCUT2D eigenvalue weighted by atomic mass is 10.1. The second-order valence-electron chi connectivity index (χ2n) is 5.41. The van der Waals surface area contributed by atoms with Crippen LogP contribution in [-0.2, 0) is 11.2 Å². The first-order chi connectivity index (χ1) is 9.99. The molecule has 5 nitrogen and oxygen atoms in total. The Kier molecular flexibility index (Phi) is 7.29. The lowest BCUT2D eigenvalue weighted by Crippen LogP contribution is -2.42. The number of hydrogen-bond acceptors (Lipinski definition) is 2. The highest BCUT2D eigenvalue weighted by Gasteiger charge is 2.05. The van der Waals surface area contributed by atoms with Crippen LogP contribution in [0.5, 0.6) is 0 Å². The van der Waals surface area contributed by atoms with Gasteiger partial charge in [0.25, 0.3) is 0 Å². The summed E-state index contributed by atoms with van der Waals surface area (Å²) < 4.78 is 0. The Labute approximate surface area is 127 Å². The van der Waals surface area contributed by atoms with Crippen molar-refractivity contribution in [2.75, 3.05) is 27.2 Å². The smallest absolute Gasteiger partial charge is 0.243 e. The Morgan fingerprint density at radius 3 is 2.48 bits per heavy atom. The molecule has 0 aliphatic carbocycles. The first-order valence-corrected chi connectivity index (χ1v) is 7.28. The van der Waals surface area contributed by atoms with Gasteiger partial charge in [0.15, 0.2) is 5.96 Å². The minimum absolute atomic E-state index is 0.0112. The second kappa shape index (κ2) is 9.00. The molecule has 0 spiro atoms. The molecule has 2 N–H and O–H groups in total. The summed E-state index contributed by atoms with van der Waals surface area (Å²) in [5, 5.41) is 6.49. The standard InChI is InChI=1S/C16H26N4O/c1-13(2)19-16(18-12-15(21)20(3)4)17-11-10-14-8-6-5-7-9-14/h5-9,13H,10-12H2,1-4H3,(H2,17,18,19). The van der Waals surface area contributed by atoms with Gasteiger partial charge < -0.3 is 15.5 Å². The zero-order valence-electron chi connectivity index (χ0n) is 13.4. The molecule has 1 amide bonds. The van der Waals surface area contributed by atoms with Crippen LogP contribution < -0.4 is 10.6 Å². The molecule has 1 rings (SSSR count). The number of carbonyl (C=O) groups is 1. The van der Waals surface area contributed by atoms with Crippen molar-refractivity contribution in [3.05, 3.63) is 35.9 Å². The van der Waals surface area contributed by atoms with E-state index in [2.05, 4.69) is 27.8 Å². The fourth-order valence-corrected chi connectivity index (χ4v) is 1.68. The number of rotatable bonds is 6. The zero-order chi connectivity index (χ0) is 15.7. The minimum atomic E-state index is -0.0112. The molecule has 0 heterocycles. The first kappa shape index (κ1) is 17.0. The van der Waals surface area contributed by atoms with Crippen LogP contribution in [0.4, 0.5) is 0 Å². The van der Waals surface area contributed by atoms with Crippen LogP contribution in [0.1, 0.15) is 19.4 Å². The van der Waals surface area contributed by atoms with E-state index >= 15 is 0 Å². The summed E-state index contributed by atoms with van der Waals surface area (Å²) in [5.74, 6) is 0.666. The molecule has 5 heteroatoms. The lowest BCUT2D eigenvalue weighted by molar-refractivity contribution is -0.127. The summed E-state index contributed by atoms with van der Waals surface area (Å²) in [7, 11) is 3.46. The molecule has 0 unspecified atom stereocenters. The van der Waals surface area contributed by atoms with E-state index < -0.39 is 0 Å². The monoisotopic (exact) mass is 290 g/mol. The van der Waals surface area contributed by atoms with E-state index in [0.717, 1.165) is 13.0 Å². The molecular formula is C16H26N4O. The molecule has 0 saturated carbocycles. The Morgan fingerprint density at radius 2 is 1.90 bits per heavy atom. The molecule has 0 aromatic heterocycles. The number of carbonyl (C=O) groups excluding carboxylic acids is 1. The molecule has 1 aromatic carbocycles. The van der Waals surface area contributed by atoms with Gasteiger partial charge in [-0.25, -0.2) is 4.99 Å². The van der Waals surface area contributed by atoms with Crippen molar-refractivity contribution in [3.63, 3.8) is 0 Å². The molecule has 0 saturated heterocycles. The van der Waals surface area contributed by atoms with E-state index in [-0.39, 0.29) is 18.5 Å². The van der Waals surface area contributed by atoms with Crippen molar-refractivity contribution in [3.8, 4) is 0 Å². The minimum Gasteiger partial charge on any atom is -0.356 e. The van der Waals surface area contributed by atoms with Crippen molar-refractivity contribution in [2.24, 2.45) is 4.99 Å². The average molecular weight is 290 g/mol. The van der Waals surface area contributed by atoms with Crippen LogP contribution in [0.25, 0.3) is 0 Å². The average Bonchev–Trinajstić information content (AvgIpc) is 2.44. The van der Waals surface area contributed by atoms with Gasteiger partial charge in [0.1, 0.15) is 6.54 Å². The molecule has 116 valence electrons. The van der Waals surface area contributed by atoms with Gasteiger partial charge in [-0.05, 0) is 25.8 Å². The Balaban J connectivity index is 2.49. The third-order valence-corrected chi connectivity index (χ3v) is 2.85. The van der Waals surface area contributed by atoms with Gasteiger partial charge in [-0.1, -0.05) is 30.3 Å². The molecule has 0 radical (unpaired) electrons. The van der Waals surface area contributed by atoms with E-state index in [1.165, 1.54) is 5.56 Å². The van der Waals surface area contributed by atoms with Crippen LogP contribution in [-0.4, -0.2) is 50.0 Å². The van der Waals surface area contributed by atoms with Crippen molar-refractivity contribution in [2.45, 2.75) is 26.3 Å². The summed E-state index contributed by atoms with van der Waals surface area (Å²) in [6, 6.07) is 10.5. The highest BCUT2D eigenvalue weighted by molar-refractivity contribution is 5.84. The van der Waals surface area contributed by atoms with Gasteiger partial charge in [0.2, 0.25) is 5.91 Å². The zero-order valence-corrected chi connectivity index (χ0v) is 13.4. The van der Waals surface area contributed by atoms with E-state index in [4.69, 9.17) is 0 Å². The molecule has 1 aromatic rings. The van der Waals surface area contributed by atoms with Gasteiger partial charge >= 0.3 is 0 Å². The van der Waals surface area contributed by atoms with Crippen LogP contribution in [0.2, 0.25) is 0 Å². The number of benzene rings is 1. The number of nitrogens with zero attached hydrogens (tertiary/aromatic N) is 2. The summed E-state index contributed by atoms with van der Waals surface area (Å²) in [4.78, 5) is 17.5. The van der Waals surface area contributed by atoms with Crippen molar-refractivity contribution in [1.29, 1.82) is 0 Å². The number of likely N-dealkylation sites (N-methyl/N-ethyl adjacent to an activating group) is 1. The lowest BCUT2D eigenvalue weighted by Gasteiger charge is -2.16. The normalized spacial score (nSPS) is 11.4. The number of guanidine groups is 1. The van der Waals surface area contributed by atoms with Gasteiger partial charge in [0, 0.05) is 26.7 Å². The molecule has 0 aliphatic heterocycles. The molecule has 0 fully saturated rings. The maximum Gasteiger partial charge on any atom is 0.243 e. The first-order valence-electron chi connectivity index (χ1n) is 7.28. The maximum absolute atomic E-state index is 11.6. The summed E-state index contributed by atoms with van der Waals surface area (Å²) in [5.41, 5.74) is 1.28. The van der Waals surface area contributed by atoms with Gasteiger partial charge in [-0.2, -0.15) is 0 Å². The van der Waals surface area contributed by atoms with Crippen molar-refractivity contribution in [1.82, 2.24) is 15.5 Å². The quantitative estimate of drug-likeness (QED) is 0.612. The molecular weight excluding hydrogens is 264 g/mol. The van der Waals surface area contributed by atoms with E-state index in [0.29, 0.717) is 5.96 Å². The third kappa shape index (κ3) is 7.34. The fourth-order valence-electron chi connectivity index (χ4n) is 1.68. The van der Waals surface area contributed by atoms with Gasteiger partial charge in [-0.3, -0.25) is 4.79 Å². The Hall–Kier alpha value is -2.04. The molecule has 0 bridgehead atoms. The van der Waals surface area contributed by atoms with E-state index in [1.54, 1.807) is 19.0 Å². The van der Waals surface area contributed by atoms with Crippen LogP contribution in [0.3, 0.4) is 0 Å². The van der Waals surface area contributed by atoms with Crippen LogP contribution >= 0.6 is 0 Å². The highest BCUT2D eigenvalue weighted by atomic mass is 16.2. The third-order valence-electron chi connectivity index (χ3n) is 2.85. The summed E-state index contributed by atoms with van der Waals surface area (Å²) >= 11 is 0. The Morgan fingerprint density at radius 1 is 1.24 bits per heavy atom. The number of aliphatic imine (C=N–C) groups is 1. The summed E-state index contributed by atoms with van der Waals surface area (Å²) in [6.45, 7) is 5.02. The predicted molar refractivity (Wildman–Crippen MR) is 87.4 cm³/mol. The Bertz CT molecular complexity index is 455. The summed E-state index contributed by atoms with van der Waals surface area (Å²) in [6.07, 6.45) is 0.918. The van der Waals surface area contributed by atoms with Crippen LogP contribution in [0.15, 0.2) is 35.3 Å². The second-order valence-corrected chi connectivity index (χ2v) is 5.41. The van der Waals surface area contributed by atoms with E-state index in [9.17, 15) is 4.79 Å². The predicted octanol–water partition coefficient (Wildman–Crippen LogP) is 1.26. The topological polar surface area (TPSA) is 56.7 Å². The largest absolute Gasteiger partial charge is 0.356 e. The number of hydrogen-bond donors (Lipinski definition) is 2. The maximum atomic E-state index is 11.6.